The van der Waals surface area contributed by atoms with E-state index in [1.807, 2.05) is 42.5 Å². The van der Waals surface area contributed by atoms with Gasteiger partial charge in [0.05, 0.1) is 13.3 Å². The summed E-state index contributed by atoms with van der Waals surface area (Å²) in [5.74, 6) is 0.352. The molecule has 138 valence electrons. The van der Waals surface area contributed by atoms with Crippen LogP contribution in [0.2, 0.25) is 0 Å². The highest BCUT2D eigenvalue weighted by Crippen LogP contribution is 2.21. The number of rotatable bonds is 6. The SMILES string of the molecule is COc1ccc(O)c(C=NNC(=O)C(C)Nc2ccc3ccccc3c2)c1. The summed E-state index contributed by atoms with van der Waals surface area (Å²) >= 11 is 0. The van der Waals surface area contributed by atoms with E-state index in [0.717, 1.165) is 16.5 Å². The number of ether oxygens (including phenoxy) is 1. The molecule has 0 aromatic heterocycles. The lowest BCUT2D eigenvalue weighted by atomic mass is 10.1. The molecule has 0 saturated heterocycles. The van der Waals surface area contributed by atoms with Gasteiger partial charge in [0.15, 0.2) is 0 Å². The van der Waals surface area contributed by atoms with E-state index in [2.05, 4.69) is 15.8 Å². The lowest BCUT2D eigenvalue weighted by molar-refractivity contribution is -0.121. The fourth-order valence-electron chi connectivity index (χ4n) is 2.62. The monoisotopic (exact) mass is 363 g/mol. The first-order valence-electron chi connectivity index (χ1n) is 8.52. The number of methoxy groups -OCH3 is 1. The number of anilines is 1. The number of carbonyl (C=O) groups excluding carboxylic acids is 1. The fraction of sp³-hybridized carbons (Fsp3) is 0.143. The van der Waals surface area contributed by atoms with E-state index < -0.39 is 6.04 Å². The van der Waals surface area contributed by atoms with Gasteiger partial charge in [-0.25, -0.2) is 5.43 Å². The fourth-order valence-corrected chi connectivity index (χ4v) is 2.62. The van der Waals surface area contributed by atoms with E-state index >= 15 is 0 Å². The number of fused-ring (bicyclic) bond motifs is 1. The second kappa shape index (κ2) is 8.23. The highest BCUT2D eigenvalue weighted by molar-refractivity contribution is 5.89. The van der Waals surface area contributed by atoms with Crippen molar-refractivity contribution in [2.75, 3.05) is 12.4 Å². The van der Waals surface area contributed by atoms with Crippen LogP contribution in [0.25, 0.3) is 10.8 Å². The molecule has 3 rings (SSSR count). The van der Waals surface area contributed by atoms with Crippen molar-refractivity contribution in [1.82, 2.24) is 5.43 Å². The lowest BCUT2D eigenvalue weighted by Gasteiger charge is -2.14. The first-order chi connectivity index (χ1) is 13.1. The number of amides is 1. The van der Waals surface area contributed by atoms with E-state index in [1.54, 1.807) is 19.1 Å². The van der Waals surface area contributed by atoms with E-state index in [9.17, 15) is 9.90 Å². The molecule has 0 aliphatic rings. The van der Waals surface area contributed by atoms with Crippen LogP contribution in [0.15, 0.2) is 65.8 Å². The molecule has 1 amide bonds. The Labute approximate surface area is 157 Å². The summed E-state index contributed by atoms with van der Waals surface area (Å²) in [6.45, 7) is 1.75. The van der Waals surface area contributed by atoms with Crippen LogP contribution in [-0.4, -0.2) is 30.4 Å². The third-order valence-electron chi connectivity index (χ3n) is 4.14. The third-order valence-corrected chi connectivity index (χ3v) is 4.14. The van der Waals surface area contributed by atoms with Crippen LogP contribution in [0.4, 0.5) is 5.69 Å². The van der Waals surface area contributed by atoms with Gasteiger partial charge in [0.25, 0.3) is 5.91 Å². The van der Waals surface area contributed by atoms with Gasteiger partial charge in [-0.3, -0.25) is 4.79 Å². The molecule has 0 radical (unpaired) electrons. The van der Waals surface area contributed by atoms with Crippen LogP contribution in [0.1, 0.15) is 12.5 Å². The average Bonchev–Trinajstić information content (AvgIpc) is 2.69. The minimum Gasteiger partial charge on any atom is -0.507 e. The summed E-state index contributed by atoms with van der Waals surface area (Å²) in [5.41, 5.74) is 3.77. The van der Waals surface area contributed by atoms with Crippen molar-refractivity contribution in [3.63, 3.8) is 0 Å². The number of hydrogen-bond donors (Lipinski definition) is 3. The van der Waals surface area contributed by atoms with E-state index in [-0.39, 0.29) is 11.7 Å². The number of hydrazone groups is 1. The average molecular weight is 363 g/mol. The predicted molar refractivity (Wildman–Crippen MR) is 107 cm³/mol. The molecule has 0 fully saturated rings. The van der Waals surface area contributed by atoms with Gasteiger partial charge in [0.1, 0.15) is 17.5 Å². The molecule has 27 heavy (non-hydrogen) atoms. The molecule has 0 saturated carbocycles. The molecule has 3 aromatic rings. The molecule has 6 nitrogen and oxygen atoms in total. The zero-order valence-corrected chi connectivity index (χ0v) is 15.1. The Kier molecular flexibility index (Phi) is 5.56. The van der Waals surface area contributed by atoms with E-state index in [1.165, 1.54) is 19.4 Å². The molecule has 3 aromatic carbocycles. The summed E-state index contributed by atoms with van der Waals surface area (Å²) < 4.78 is 5.10. The van der Waals surface area contributed by atoms with Crippen molar-refractivity contribution in [1.29, 1.82) is 0 Å². The summed E-state index contributed by atoms with van der Waals surface area (Å²) in [6, 6.07) is 18.3. The molecule has 6 heteroatoms. The van der Waals surface area contributed by atoms with Gasteiger partial charge >= 0.3 is 0 Å². The van der Waals surface area contributed by atoms with Crippen LogP contribution >= 0.6 is 0 Å². The van der Waals surface area contributed by atoms with Crippen molar-refractivity contribution in [2.45, 2.75) is 13.0 Å². The molecule has 0 aliphatic carbocycles. The third kappa shape index (κ3) is 4.55. The molecular formula is C21H21N3O3. The van der Waals surface area contributed by atoms with Gasteiger partial charge in [-0.1, -0.05) is 30.3 Å². The maximum atomic E-state index is 12.2. The zero-order chi connectivity index (χ0) is 19.2. The summed E-state index contributed by atoms with van der Waals surface area (Å²) in [4.78, 5) is 12.2. The largest absolute Gasteiger partial charge is 0.507 e. The smallest absolute Gasteiger partial charge is 0.262 e. The molecule has 1 atom stereocenters. The number of phenols is 1. The van der Waals surface area contributed by atoms with Crippen LogP contribution in [0.5, 0.6) is 11.5 Å². The van der Waals surface area contributed by atoms with Gasteiger partial charge in [0, 0.05) is 11.3 Å². The maximum Gasteiger partial charge on any atom is 0.262 e. The Morgan fingerprint density at radius 2 is 1.89 bits per heavy atom. The number of hydrogen-bond acceptors (Lipinski definition) is 5. The summed E-state index contributed by atoms with van der Waals surface area (Å²) in [7, 11) is 1.54. The number of nitrogens with one attached hydrogen (secondary N) is 2. The highest BCUT2D eigenvalue weighted by atomic mass is 16.5. The molecule has 1 unspecified atom stereocenters. The number of nitrogens with zero attached hydrogens (tertiary/aromatic N) is 1. The first kappa shape index (κ1) is 18.3. The quantitative estimate of drug-likeness (QED) is 0.462. The minimum atomic E-state index is -0.484. The number of benzene rings is 3. The summed E-state index contributed by atoms with van der Waals surface area (Å²) in [5, 5.41) is 19.1. The Balaban J connectivity index is 1.61. The normalized spacial score (nSPS) is 12.1. The second-order valence-corrected chi connectivity index (χ2v) is 6.09. The van der Waals surface area contributed by atoms with Crippen LogP contribution in [-0.2, 0) is 4.79 Å². The highest BCUT2D eigenvalue weighted by Gasteiger charge is 2.12. The Hall–Kier alpha value is -3.54. The second-order valence-electron chi connectivity index (χ2n) is 6.09. The molecular weight excluding hydrogens is 342 g/mol. The molecule has 3 N–H and O–H groups in total. The van der Waals surface area contributed by atoms with Crippen molar-refractivity contribution in [3.05, 3.63) is 66.2 Å². The van der Waals surface area contributed by atoms with Crippen LogP contribution < -0.4 is 15.5 Å². The summed E-state index contributed by atoms with van der Waals surface area (Å²) in [6.07, 6.45) is 1.37. The maximum absolute atomic E-state index is 12.2. The minimum absolute atomic E-state index is 0.0520. The number of aromatic hydroxyl groups is 1. The van der Waals surface area contributed by atoms with Crippen LogP contribution in [0.3, 0.4) is 0 Å². The Bertz CT molecular complexity index is 985. The van der Waals surface area contributed by atoms with Crippen molar-refractivity contribution in [3.8, 4) is 11.5 Å². The van der Waals surface area contributed by atoms with E-state index in [4.69, 9.17) is 4.74 Å². The lowest BCUT2D eigenvalue weighted by Crippen LogP contribution is -2.34. The number of phenolic OH excluding ortho intramolecular Hbond substituents is 1. The Morgan fingerprint density at radius 1 is 1.11 bits per heavy atom. The zero-order valence-electron chi connectivity index (χ0n) is 15.1. The van der Waals surface area contributed by atoms with Crippen LogP contribution in [0, 0.1) is 0 Å². The molecule has 0 spiro atoms. The first-order valence-corrected chi connectivity index (χ1v) is 8.52. The Morgan fingerprint density at radius 3 is 2.67 bits per heavy atom. The van der Waals surface area contributed by atoms with Gasteiger partial charge < -0.3 is 15.2 Å². The van der Waals surface area contributed by atoms with Gasteiger partial charge in [-0.05, 0) is 48.0 Å². The van der Waals surface area contributed by atoms with Crippen molar-refractivity contribution < 1.29 is 14.6 Å². The van der Waals surface area contributed by atoms with Crippen molar-refractivity contribution >= 4 is 28.6 Å². The van der Waals surface area contributed by atoms with E-state index in [0.29, 0.717) is 11.3 Å². The predicted octanol–water partition coefficient (Wildman–Crippen LogP) is 3.50. The topological polar surface area (TPSA) is 83.0 Å². The molecule has 0 bridgehead atoms. The van der Waals surface area contributed by atoms with Gasteiger partial charge in [-0.2, -0.15) is 5.10 Å². The standard InChI is InChI=1S/C21H21N3O3/c1-14(23-18-8-7-15-5-3-4-6-16(15)11-18)21(26)24-22-13-17-12-19(27-2)9-10-20(17)25/h3-14,23,25H,1-2H3,(H,24,26). The number of carbonyl (C=O) groups is 1. The molecule has 0 aliphatic heterocycles. The van der Waals surface area contributed by atoms with Gasteiger partial charge in [0.2, 0.25) is 0 Å². The van der Waals surface area contributed by atoms with Crippen molar-refractivity contribution in [2.24, 2.45) is 5.10 Å². The van der Waals surface area contributed by atoms with Gasteiger partial charge in [-0.15, -0.1) is 0 Å². The molecule has 0 heterocycles.